The number of esters is 1. The van der Waals surface area contributed by atoms with E-state index in [2.05, 4.69) is 9.69 Å². The van der Waals surface area contributed by atoms with Gasteiger partial charge in [0.1, 0.15) is 10.6 Å². The summed E-state index contributed by atoms with van der Waals surface area (Å²) in [5.74, 6) is -0.740. The fourth-order valence-corrected chi connectivity index (χ4v) is 2.83. The number of carbonyl (C=O) groups excluding carboxylic acids is 2. The van der Waals surface area contributed by atoms with E-state index in [1.54, 1.807) is 14.0 Å². The molecule has 2 aromatic rings. The number of aromatic nitrogens is 1. The number of nitrogens with one attached hydrogen (secondary N) is 1. The number of anilines is 1. The van der Waals surface area contributed by atoms with E-state index in [4.69, 9.17) is 4.74 Å². The Balaban J connectivity index is 2.09. The van der Waals surface area contributed by atoms with E-state index in [9.17, 15) is 9.59 Å². The first-order valence-electron chi connectivity index (χ1n) is 6.85. The minimum Gasteiger partial charge on any atom is -0.454 e. The van der Waals surface area contributed by atoms with Crippen LogP contribution in [0.4, 0.5) is 5.00 Å². The molecule has 0 radical (unpaired) electrons. The molecule has 2 rings (SSSR count). The van der Waals surface area contributed by atoms with Gasteiger partial charge < -0.3 is 10.1 Å². The molecule has 22 heavy (non-hydrogen) atoms. The van der Waals surface area contributed by atoms with Crippen LogP contribution in [0.3, 0.4) is 0 Å². The summed E-state index contributed by atoms with van der Waals surface area (Å²) in [6, 6.07) is 5.63. The van der Waals surface area contributed by atoms with Crippen molar-refractivity contribution in [1.29, 1.82) is 0 Å². The van der Waals surface area contributed by atoms with Crippen LogP contribution in [0.1, 0.15) is 37.5 Å². The van der Waals surface area contributed by atoms with Crippen LogP contribution < -0.4 is 5.32 Å². The van der Waals surface area contributed by atoms with Gasteiger partial charge in [-0.3, -0.25) is 4.79 Å². The minimum atomic E-state index is -0.533. The maximum absolute atomic E-state index is 12.2. The Kier molecular flexibility index (Phi) is 4.92. The van der Waals surface area contributed by atoms with Crippen molar-refractivity contribution in [3.63, 3.8) is 0 Å². The van der Waals surface area contributed by atoms with Gasteiger partial charge in [0.15, 0.2) is 6.61 Å². The van der Waals surface area contributed by atoms with Crippen molar-refractivity contribution in [2.75, 3.05) is 19.0 Å². The average molecular weight is 318 g/mol. The van der Waals surface area contributed by atoms with E-state index in [1.165, 1.54) is 11.5 Å². The van der Waals surface area contributed by atoms with Crippen LogP contribution in [0, 0.1) is 20.8 Å². The molecule has 0 aliphatic carbocycles. The van der Waals surface area contributed by atoms with Gasteiger partial charge in [0.25, 0.3) is 0 Å². The molecule has 0 aliphatic heterocycles. The first-order chi connectivity index (χ1) is 10.4. The number of rotatable bonds is 5. The second kappa shape index (κ2) is 6.70. The first kappa shape index (κ1) is 16.2. The van der Waals surface area contributed by atoms with Gasteiger partial charge in [0.2, 0.25) is 5.78 Å². The first-order valence-corrected chi connectivity index (χ1v) is 7.63. The Labute approximate surface area is 133 Å². The van der Waals surface area contributed by atoms with Crippen molar-refractivity contribution in [3.05, 3.63) is 46.1 Å². The molecule has 1 aromatic carbocycles. The zero-order valence-corrected chi connectivity index (χ0v) is 13.8. The zero-order chi connectivity index (χ0) is 16.3. The summed E-state index contributed by atoms with van der Waals surface area (Å²) in [5.41, 5.74) is 3.44. The number of aryl methyl sites for hydroxylation is 3. The summed E-state index contributed by atoms with van der Waals surface area (Å²) in [4.78, 5) is 24.4. The van der Waals surface area contributed by atoms with Crippen LogP contribution in [0.5, 0.6) is 0 Å². The summed E-state index contributed by atoms with van der Waals surface area (Å²) in [5, 5.41) is 3.54. The lowest BCUT2D eigenvalue weighted by atomic mass is 10.0. The lowest BCUT2D eigenvalue weighted by molar-refractivity contribution is 0.0475. The molecule has 0 atom stereocenters. The lowest BCUT2D eigenvalue weighted by Gasteiger charge is -2.08. The van der Waals surface area contributed by atoms with Gasteiger partial charge in [-0.05, 0) is 43.9 Å². The Bertz CT molecular complexity index is 722. The van der Waals surface area contributed by atoms with Crippen LogP contribution in [-0.2, 0) is 4.74 Å². The number of ketones is 1. The van der Waals surface area contributed by atoms with Gasteiger partial charge in [-0.25, -0.2) is 4.79 Å². The quantitative estimate of drug-likeness (QED) is 0.677. The molecule has 0 bridgehead atoms. The number of carbonyl (C=O) groups is 2. The highest BCUT2D eigenvalue weighted by Gasteiger charge is 2.20. The minimum absolute atomic E-state index is 0.207. The molecule has 0 fully saturated rings. The fraction of sp³-hybridized carbons (Fsp3) is 0.312. The summed E-state index contributed by atoms with van der Waals surface area (Å²) in [7, 11) is 1.71. The van der Waals surface area contributed by atoms with Crippen LogP contribution in [0.15, 0.2) is 18.2 Å². The van der Waals surface area contributed by atoms with Crippen molar-refractivity contribution in [1.82, 2.24) is 4.37 Å². The van der Waals surface area contributed by atoms with Crippen LogP contribution in [0.25, 0.3) is 0 Å². The largest absolute Gasteiger partial charge is 0.454 e. The number of hydrogen-bond acceptors (Lipinski definition) is 6. The van der Waals surface area contributed by atoms with Crippen molar-refractivity contribution in [2.24, 2.45) is 0 Å². The van der Waals surface area contributed by atoms with Crippen LogP contribution >= 0.6 is 11.5 Å². The highest BCUT2D eigenvalue weighted by atomic mass is 32.1. The third-order valence-corrected chi connectivity index (χ3v) is 4.28. The van der Waals surface area contributed by atoms with E-state index in [0.717, 1.165) is 11.1 Å². The molecule has 6 heteroatoms. The average Bonchev–Trinajstić information content (AvgIpc) is 2.87. The van der Waals surface area contributed by atoms with E-state index in [-0.39, 0.29) is 12.4 Å². The summed E-state index contributed by atoms with van der Waals surface area (Å²) in [6.45, 7) is 5.24. The van der Waals surface area contributed by atoms with Gasteiger partial charge >= 0.3 is 5.97 Å². The van der Waals surface area contributed by atoms with Gasteiger partial charge in [0, 0.05) is 12.6 Å². The molecule has 1 N–H and O–H groups in total. The topological polar surface area (TPSA) is 68.3 Å². The Morgan fingerprint density at radius 1 is 1.27 bits per heavy atom. The Morgan fingerprint density at radius 3 is 2.68 bits per heavy atom. The van der Waals surface area contributed by atoms with Crippen molar-refractivity contribution in [3.8, 4) is 0 Å². The molecule has 116 valence electrons. The molecule has 0 unspecified atom stereocenters. The molecule has 0 saturated heterocycles. The molecule has 5 nitrogen and oxygen atoms in total. The zero-order valence-electron chi connectivity index (χ0n) is 13.0. The number of benzene rings is 1. The Hall–Kier alpha value is -2.21. The number of nitrogens with zero attached hydrogens (tertiary/aromatic N) is 1. The molecule has 0 aliphatic rings. The van der Waals surface area contributed by atoms with Crippen LogP contribution in [0.2, 0.25) is 0 Å². The maximum atomic E-state index is 12.2. The summed E-state index contributed by atoms with van der Waals surface area (Å²) >= 11 is 1.19. The third-order valence-electron chi connectivity index (χ3n) is 3.32. The fourth-order valence-electron chi connectivity index (χ4n) is 2.10. The predicted molar refractivity (Wildman–Crippen MR) is 86.9 cm³/mol. The highest BCUT2D eigenvalue weighted by molar-refractivity contribution is 7.10. The third kappa shape index (κ3) is 3.33. The number of hydrogen-bond donors (Lipinski definition) is 1. The monoisotopic (exact) mass is 318 g/mol. The van der Waals surface area contributed by atoms with E-state index in [1.807, 2.05) is 32.0 Å². The van der Waals surface area contributed by atoms with Crippen LogP contribution in [-0.4, -0.2) is 29.8 Å². The molecule has 0 saturated carbocycles. The molecule has 0 amide bonds. The normalized spacial score (nSPS) is 10.4. The van der Waals surface area contributed by atoms with Crippen molar-refractivity contribution >= 4 is 28.3 Å². The molecule has 1 aromatic heterocycles. The van der Waals surface area contributed by atoms with Gasteiger partial charge in [-0.2, -0.15) is 4.37 Å². The lowest BCUT2D eigenvalue weighted by Crippen LogP contribution is -2.16. The molecular formula is C16H18N2O3S. The van der Waals surface area contributed by atoms with Gasteiger partial charge in [-0.1, -0.05) is 17.7 Å². The highest BCUT2D eigenvalue weighted by Crippen LogP contribution is 2.24. The molecule has 0 spiro atoms. The standard InChI is InChI=1S/C16H18N2O3S/c1-9-5-6-10(2)12(7-9)13(19)8-21-16(20)14-11(3)18-22-15(14)17-4/h5-7,17H,8H2,1-4H3. The predicted octanol–water partition coefficient (Wildman–Crippen LogP) is 3.15. The second-order valence-electron chi connectivity index (χ2n) is 5.04. The second-order valence-corrected chi connectivity index (χ2v) is 5.81. The van der Waals surface area contributed by atoms with Gasteiger partial charge in [-0.15, -0.1) is 0 Å². The summed E-state index contributed by atoms with van der Waals surface area (Å²) in [6.07, 6.45) is 0. The summed E-state index contributed by atoms with van der Waals surface area (Å²) < 4.78 is 9.27. The van der Waals surface area contributed by atoms with E-state index in [0.29, 0.717) is 21.8 Å². The number of Topliss-reactive ketones (excluding diaryl/α,β-unsaturated/α-hetero) is 1. The number of ether oxygens (including phenoxy) is 1. The smallest absolute Gasteiger partial charge is 0.343 e. The maximum Gasteiger partial charge on any atom is 0.343 e. The SMILES string of the molecule is CNc1snc(C)c1C(=O)OCC(=O)c1cc(C)ccc1C. The van der Waals surface area contributed by atoms with E-state index >= 15 is 0 Å². The Morgan fingerprint density at radius 2 is 2.00 bits per heavy atom. The molecular weight excluding hydrogens is 300 g/mol. The van der Waals surface area contributed by atoms with E-state index < -0.39 is 5.97 Å². The molecule has 1 heterocycles. The van der Waals surface area contributed by atoms with Crippen molar-refractivity contribution in [2.45, 2.75) is 20.8 Å². The van der Waals surface area contributed by atoms with Crippen molar-refractivity contribution < 1.29 is 14.3 Å². The van der Waals surface area contributed by atoms with Gasteiger partial charge in [0.05, 0.1) is 5.69 Å².